The van der Waals surface area contributed by atoms with Gasteiger partial charge >= 0.3 is 0 Å². The fraction of sp³-hybridized carbons (Fsp3) is 0.615. The number of amides is 2. The summed E-state index contributed by atoms with van der Waals surface area (Å²) >= 11 is 1.29. The number of primary amides is 1. The molecule has 1 aliphatic heterocycles. The number of morpholine rings is 1. The van der Waals surface area contributed by atoms with Crippen molar-refractivity contribution in [3.05, 3.63) is 16.6 Å². The van der Waals surface area contributed by atoms with Crippen molar-refractivity contribution in [2.24, 2.45) is 5.73 Å². The van der Waals surface area contributed by atoms with Crippen molar-refractivity contribution in [2.45, 2.75) is 13.0 Å². The predicted octanol–water partition coefficient (Wildman–Crippen LogP) is -0.290. The lowest BCUT2D eigenvalue weighted by Gasteiger charge is -2.34. The second-order valence-corrected chi connectivity index (χ2v) is 5.85. The Morgan fingerprint density at radius 2 is 2.38 bits per heavy atom. The fourth-order valence-corrected chi connectivity index (χ4v) is 3.05. The summed E-state index contributed by atoms with van der Waals surface area (Å²) in [6, 6.07) is 0. The van der Waals surface area contributed by atoms with Gasteiger partial charge in [0.2, 0.25) is 5.91 Å². The highest BCUT2D eigenvalue weighted by molar-refractivity contribution is 7.03. The van der Waals surface area contributed by atoms with E-state index in [1.165, 1.54) is 11.5 Å². The summed E-state index contributed by atoms with van der Waals surface area (Å²) in [5, 5.41) is 1.78. The van der Waals surface area contributed by atoms with Gasteiger partial charge in [0.25, 0.3) is 5.91 Å². The third-order valence-corrected chi connectivity index (χ3v) is 4.07. The Hall–Kier alpha value is -1.51. The van der Waals surface area contributed by atoms with Gasteiger partial charge in [-0.05, 0) is 25.5 Å². The molecular weight excluding hydrogens is 292 g/mol. The average Bonchev–Trinajstić information content (AvgIpc) is 2.83. The minimum Gasteiger partial charge on any atom is -0.373 e. The van der Waals surface area contributed by atoms with Crippen LogP contribution in [0.25, 0.3) is 0 Å². The summed E-state index contributed by atoms with van der Waals surface area (Å²) in [5.41, 5.74) is 6.58. The molecule has 8 heteroatoms. The van der Waals surface area contributed by atoms with E-state index < -0.39 is 0 Å². The largest absolute Gasteiger partial charge is 0.373 e. The number of carbonyl (C=O) groups excluding carboxylic acids is 2. The van der Waals surface area contributed by atoms with Gasteiger partial charge in [0.15, 0.2) is 0 Å². The van der Waals surface area contributed by atoms with Gasteiger partial charge in [0.05, 0.1) is 30.5 Å². The van der Waals surface area contributed by atoms with Crippen LogP contribution in [0.5, 0.6) is 0 Å². The lowest BCUT2D eigenvalue weighted by atomic mass is 10.2. The molecule has 2 amide bonds. The number of carbonyl (C=O) groups is 2. The number of hydrogen-bond donors (Lipinski definition) is 1. The molecule has 21 heavy (non-hydrogen) atoms. The van der Waals surface area contributed by atoms with Crippen molar-refractivity contribution < 1.29 is 14.3 Å². The highest BCUT2D eigenvalue weighted by Gasteiger charge is 2.27. The second-order valence-electron chi connectivity index (χ2n) is 5.22. The molecule has 2 heterocycles. The standard InChI is InChI=1S/C13H20N4O3S/c1-9-11(8-21-15-9)13(19)17-3-4-20-10(6-17)5-16(2)7-12(14)18/h8,10H,3-7H2,1-2H3,(H2,14,18)/t10-/m1/s1. The van der Waals surface area contributed by atoms with Gasteiger partial charge in [0, 0.05) is 25.0 Å². The highest BCUT2D eigenvalue weighted by Crippen LogP contribution is 2.15. The minimum absolute atomic E-state index is 0.00731. The zero-order chi connectivity index (χ0) is 15.4. The first-order valence-corrected chi connectivity index (χ1v) is 7.59. The van der Waals surface area contributed by atoms with Crippen LogP contribution in [0.2, 0.25) is 0 Å². The number of ether oxygens (including phenoxy) is 1. The van der Waals surface area contributed by atoms with Crippen LogP contribution in [0.1, 0.15) is 16.1 Å². The second kappa shape index (κ2) is 6.97. The number of nitrogens with two attached hydrogens (primary N) is 1. The topological polar surface area (TPSA) is 88.8 Å². The Bertz CT molecular complexity index is 519. The molecule has 2 rings (SSSR count). The van der Waals surface area contributed by atoms with Crippen molar-refractivity contribution in [1.82, 2.24) is 14.2 Å². The minimum atomic E-state index is -0.374. The van der Waals surface area contributed by atoms with Crippen LogP contribution < -0.4 is 5.73 Å². The number of hydrogen-bond acceptors (Lipinski definition) is 6. The quantitative estimate of drug-likeness (QED) is 0.807. The summed E-state index contributed by atoms with van der Waals surface area (Å²) in [5.74, 6) is -0.381. The Morgan fingerprint density at radius 1 is 1.62 bits per heavy atom. The fourth-order valence-electron chi connectivity index (χ4n) is 2.36. The van der Waals surface area contributed by atoms with Crippen LogP contribution in [-0.4, -0.2) is 71.9 Å². The third kappa shape index (κ3) is 4.23. The first kappa shape index (κ1) is 15.9. The monoisotopic (exact) mass is 312 g/mol. The van der Waals surface area contributed by atoms with E-state index in [2.05, 4.69) is 4.37 Å². The molecule has 1 atom stereocenters. The molecule has 1 aliphatic rings. The lowest BCUT2D eigenvalue weighted by Crippen LogP contribution is -2.50. The van der Waals surface area contributed by atoms with Crippen LogP contribution in [-0.2, 0) is 9.53 Å². The van der Waals surface area contributed by atoms with Crippen molar-refractivity contribution in [3.63, 3.8) is 0 Å². The SMILES string of the molecule is Cc1nscc1C(=O)N1CCO[C@H](CN(C)CC(N)=O)C1. The Labute approximate surface area is 127 Å². The van der Waals surface area contributed by atoms with E-state index in [1.807, 2.05) is 14.0 Å². The molecule has 1 saturated heterocycles. The zero-order valence-corrected chi connectivity index (χ0v) is 13.1. The number of likely N-dealkylation sites (N-methyl/N-ethyl adjacent to an activating group) is 1. The molecule has 0 unspecified atom stereocenters. The molecular formula is C13H20N4O3S. The van der Waals surface area contributed by atoms with Gasteiger partial charge in [-0.3, -0.25) is 14.5 Å². The Kier molecular flexibility index (Phi) is 5.27. The number of aryl methyl sites for hydroxylation is 1. The molecule has 0 spiro atoms. The Balaban J connectivity index is 1.93. The van der Waals surface area contributed by atoms with Crippen LogP contribution in [0.15, 0.2) is 5.38 Å². The number of rotatable bonds is 5. The molecule has 1 aromatic heterocycles. The van der Waals surface area contributed by atoms with E-state index in [0.717, 1.165) is 5.69 Å². The number of aromatic nitrogens is 1. The zero-order valence-electron chi connectivity index (χ0n) is 12.2. The molecule has 2 N–H and O–H groups in total. The molecule has 1 aromatic rings. The number of nitrogens with zero attached hydrogens (tertiary/aromatic N) is 3. The first-order chi connectivity index (χ1) is 9.97. The van der Waals surface area contributed by atoms with E-state index in [0.29, 0.717) is 31.8 Å². The van der Waals surface area contributed by atoms with Gasteiger partial charge in [-0.25, -0.2) is 0 Å². The molecule has 0 aromatic carbocycles. The van der Waals surface area contributed by atoms with Crippen molar-refractivity contribution in [1.29, 1.82) is 0 Å². The molecule has 0 aliphatic carbocycles. The smallest absolute Gasteiger partial charge is 0.256 e. The van der Waals surface area contributed by atoms with Crippen molar-refractivity contribution in [3.8, 4) is 0 Å². The average molecular weight is 312 g/mol. The third-order valence-electron chi connectivity index (χ3n) is 3.35. The summed E-state index contributed by atoms with van der Waals surface area (Å²) in [7, 11) is 1.81. The van der Waals surface area contributed by atoms with E-state index >= 15 is 0 Å². The van der Waals surface area contributed by atoms with Crippen LogP contribution in [0.3, 0.4) is 0 Å². The molecule has 116 valence electrons. The van der Waals surface area contributed by atoms with Crippen molar-refractivity contribution in [2.75, 3.05) is 39.8 Å². The van der Waals surface area contributed by atoms with Crippen LogP contribution in [0, 0.1) is 6.92 Å². The predicted molar refractivity (Wildman–Crippen MR) is 79.2 cm³/mol. The summed E-state index contributed by atoms with van der Waals surface area (Å²) in [6.45, 7) is 4.16. The molecule has 0 saturated carbocycles. The maximum absolute atomic E-state index is 12.4. The normalized spacial score (nSPS) is 19.0. The Morgan fingerprint density at radius 3 is 3.00 bits per heavy atom. The van der Waals surface area contributed by atoms with Crippen molar-refractivity contribution >= 4 is 23.3 Å². The van der Waals surface area contributed by atoms with Crippen LogP contribution >= 0.6 is 11.5 Å². The van der Waals surface area contributed by atoms with Gasteiger partial charge in [0.1, 0.15) is 0 Å². The van der Waals surface area contributed by atoms with E-state index in [-0.39, 0.29) is 24.5 Å². The molecule has 1 fully saturated rings. The highest BCUT2D eigenvalue weighted by atomic mass is 32.1. The summed E-state index contributed by atoms with van der Waals surface area (Å²) < 4.78 is 9.79. The van der Waals surface area contributed by atoms with E-state index in [9.17, 15) is 9.59 Å². The maximum Gasteiger partial charge on any atom is 0.256 e. The van der Waals surface area contributed by atoms with Gasteiger partial charge in [-0.15, -0.1) is 0 Å². The molecule has 7 nitrogen and oxygen atoms in total. The van der Waals surface area contributed by atoms with Gasteiger partial charge in [-0.1, -0.05) is 0 Å². The van der Waals surface area contributed by atoms with E-state index in [4.69, 9.17) is 10.5 Å². The summed E-state index contributed by atoms with van der Waals surface area (Å²) in [6.07, 6.45) is -0.112. The summed E-state index contributed by atoms with van der Waals surface area (Å²) in [4.78, 5) is 26.9. The molecule has 0 radical (unpaired) electrons. The van der Waals surface area contributed by atoms with Gasteiger partial charge in [-0.2, -0.15) is 4.37 Å². The maximum atomic E-state index is 12.4. The van der Waals surface area contributed by atoms with E-state index in [1.54, 1.807) is 15.2 Å². The van der Waals surface area contributed by atoms with Gasteiger partial charge < -0.3 is 15.4 Å². The first-order valence-electron chi connectivity index (χ1n) is 6.76. The molecule has 0 bridgehead atoms. The van der Waals surface area contributed by atoms with Crippen LogP contribution in [0.4, 0.5) is 0 Å². The lowest BCUT2D eigenvalue weighted by molar-refractivity contribution is -0.119.